The molecule has 2 rings (SSSR count). The molecule has 21 heavy (non-hydrogen) atoms. The fourth-order valence-corrected chi connectivity index (χ4v) is 3.54. The summed E-state index contributed by atoms with van der Waals surface area (Å²) in [6.45, 7) is 1.88. The van der Waals surface area contributed by atoms with Gasteiger partial charge in [-0.25, -0.2) is 8.42 Å². The Kier molecular flexibility index (Phi) is 5.34. The average Bonchev–Trinajstić information content (AvgIpc) is 3.32. The highest BCUT2D eigenvalue weighted by Crippen LogP contribution is 2.26. The van der Waals surface area contributed by atoms with Crippen LogP contribution in [0.5, 0.6) is 0 Å². The van der Waals surface area contributed by atoms with Crippen molar-refractivity contribution in [2.24, 2.45) is 0 Å². The second-order valence-electron chi connectivity index (χ2n) is 5.22. The molecule has 0 heterocycles. The number of hydrogen-bond donors (Lipinski definition) is 0. The molecule has 0 spiro atoms. The van der Waals surface area contributed by atoms with Crippen LogP contribution in [0.4, 0.5) is 0 Å². The Morgan fingerprint density at radius 1 is 1.38 bits per heavy atom. The summed E-state index contributed by atoms with van der Waals surface area (Å²) in [5.41, 5.74) is 0.370. The van der Waals surface area contributed by atoms with E-state index in [1.807, 2.05) is 6.07 Å². The Bertz CT molecular complexity index is 618. The van der Waals surface area contributed by atoms with Crippen molar-refractivity contribution in [3.05, 3.63) is 29.8 Å². The lowest BCUT2D eigenvalue weighted by Gasteiger charge is -2.21. The van der Waals surface area contributed by atoms with Gasteiger partial charge in [0.25, 0.3) is 0 Å². The number of methoxy groups -OCH3 is 1. The Morgan fingerprint density at radius 2 is 2.14 bits per heavy atom. The van der Waals surface area contributed by atoms with Crippen LogP contribution in [0.15, 0.2) is 29.2 Å². The Labute approximate surface area is 126 Å². The van der Waals surface area contributed by atoms with Gasteiger partial charge in [0.2, 0.25) is 0 Å². The van der Waals surface area contributed by atoms with Gasteiger partial charge in [-0.1, -0.05) is 6.07 Å². The van der Waals surface area contributed by atoms with Crippen LogP contribution in [0.2, 0.25) is 0 Å². The first-order chi connectivity index (χ1) is 10.1. The van der Waals surface area contributed by atoms with Crippen LogP contribution in [0, 0.1) is 11.3 Å². The van der Waals surface area contributed by atoms with Crippen LogP contribution < -0.4 is 0 Å². The van der Waals surface area contributed by atoms with Crippen LogP contribution in [-0.4, -0.2) is 51.9 Å². The molecule has 0 N–H and O–H groups in total. The normalized spacial score (nSPS) is 15.1. The highest BCUT2D eigenvalue weighted by atomic mass is 32.2. The molecule has 0 aromatic heterocycles. The molecule has 1 aromatic rings. The summed E-state index contributed by atoms with van der Waals surface area (Å²) in [4.78, 5) is 2.40. The third kappa shape index (κ3) is 4.53. The van der Waals surface area contributed by atoms with Crippen LogP contribution in [-0.2, 0) is 14.6 Å². The Morgan fingerprint density at radius 3 is 2.76 bits per heavy atom. The minimum Gasteiger partial charge on any atom is -0.383 e. The lowest BCUT2D eigenvalue weighted by molar-refractivity contribution is 0.147. The highest BCUT2D eigenvalue weighted by molar-refractivity contribution is 7.91. The molecule has 1 saturated carbocycles. The van der Waals surface area contributed by atoms with Crippen molar-refractivity contribution < 1.29 is 13.2 Å². The zero-order valence-electron chi connectivity index (χ0n) is 12.2. The largest absolute Gasteiger partial charge is 0.383 e. The van der Waals surface area contributed by atoms with Gasteiger partial charge in [-0.15, -0.1) is 0 Å². The molecule has 6 heteroatoms. The fraction of sp³-hybridized carbons (Fsp3) is 0.533. The molecule has 1 aliphatic rings. The molecule has 1 aromatic carbocycles. The number of benzene rings is 1. The summed E-state index contributed by atoms with van der Waals surface area (Å²) in [6, 6.07) is 8.67. The number of nitriles is 1. The summed E-state index contributed by atoms with van der Waals surface area (Å²) in [5.74, 6) is 0.0715. The molecular weight excluding hydrogens is 288 g/mol. The molecule has 0 atom stereocenters. The molecular formula is C15H20N2O3S. The topological polar surface area (TPSA) is 70.4 Å². The molecule has 0 saturated heterocycles. The van der Waals surface area contributed by atoms with Gasteiger partial charge in [0.05, 0.1) is 28.9 Å². The van der Waals surface area contributed by atoms with Crippen LogP contribution >= 0.6 is 0 Å². The van der Waals surface area contributed by atoms with Gasteiger partial charge in [0.1, 0.15) is 0 Å². The predicted octanol–water partition coefficient (Wildman–Crippen LogP) is 1.44. The van der Waals surface area contributed by atoms with Gasteiger partial charge in [0.15, 0.2) is 9.84 Å². The lowest BCUT2D eigenvalue weighted by atomic mass is 10.2. The fourth-order valence-electron chi connectivity index (χ4n) is 2.24. The third-order valence-electron chi connectivity index (χ3n) is 3.62. The zero-order valence-corrected chi connectivity index (χ0v) is 13.0. The van der Waals surface area contributed by atoms with Crippen molar-refractivity contribution in [2.75, 3.05) is 32.6 Å². The third-order valence-corrected chi connectivity index (χ3v) is 5.31. The Hall–Kier alpha value is -1.42. The van der Waals surface area contributed by atoms with Crippen molar-refractivity contribution in [3.63, 3.8) is 0 Å². The van der Waals surface area contributed by atoms with Gasteiger partial charge in [0, 0.05) is 26.2 Å². The van der Waals surface area contributed by atoms with Gasteiger partial charge >= 0.3 is 0 Å². The molecule has 0 bridgehead atoms. The number of sulfone groups is 1. The van der Waals surface area contributed by atoms with E-state index in [1.165, 1.54) is 6.07 Å². The molecule has 0 unspecified atom stereocenters. The summed E-state index contributed by atoms with van der Waals surface area (Å²) in [5, 5.41) is 8.86. The standard InChI is InChI=1S/C15H20N2O3S/c1-20-9-7-17(14-5-6-14)8-10-21(18,19)15-4-2-3-13(11-15)12-16/h2-4,11,14H,5-10H2,1H3. The molecule has 0 radical (unpaired) electrons. The van der Waals surface area contributed by atoms with Gasteiger partial charge < -0.3 is 4.74 Å². The van der Waals surface area contributed by atoms with Gasteiger partial charge in [-0.3, -0.25) is 4.90 Å². The van der Waals surface area contributed by atoms with Crippen molar-refractivity contribution in [1.29, 1.82) is 5.26 Å². The lowest BCUT2D eigenvalue weighted by Crippen LogP contribution is -2.34. The molecule has 0 amide bonds. The average molecular weight is 308 g/mol. The van der Waals surface area contributed by atoms with Crippen molar-refractivity contribution in [1.82, 2.24) is 4.90 Å². The van der Waals surface area contributed by atoms with E-state index < -0.39 is 9.84 Å². The maximum absolute atomic E-state index is 12.4. The molecule has 5 nitrogen and oxygen atoms in total. The Balaban J connectivity index is 2.01. The molecule has 114 valence electrons. The number of ether oxygens (including phenoxy) is 1. The first-order valence-electron chi connectivity index (χ1n) is 7.03. The maximum Gasteiger partial charge on any atom is 0.179 e. The highest BCUT2D eigenvalue weighted by Gasteiger charge is 2.29. The van der Waals surface area contributed by atoms with E-state index >= 15 is 0 Å². The van der Waals surface area contributed by atoms with Crippen molar-refractivity contribution >= 4 is 9.84 Å². The van der Waals surface area contributed by atoms with E-state index in [-0.39, 0.29) is 10.6 Å². The van der Waals surface area contributed by atoms with E-state index in [9.17, 15) is 8.42 Å². The smallest absolute Gasteiger partial charge is 0.179 e. The summed E-state index contributed by atoms with van der Waals surface area (Å²) < 4.78 is 29.8. The first kappa shape index (κ1) is 16.0. The minimum absolute atomic E-state index is 0.0715. The number of nitrogens with zero attached hydrogens (tertiary/aromatic N) is 2. The summed E-state index contributed by atoms with van der Waals surface area (Å²) >= 11 is 0. The van der Waals surface area contributed by atoms with Gasteiger partial charge in [-0.2, -0.15) is 5.26 Å². The zero-order chi connectivity index (χ0) is 15.3. The van der Waals surface area contributed by atoms with Crippen LogP contribution in [0.3, 0.4) is 0 Å². The predicted molar refractivity (Wildman–Crippen MR) is 79.7 cm³/mol. The molecule has 0 aliphatic heterocycles. The summed E-state index contributed by atoms with van der Waals surface area (Å²) in [6.07, 6.45) is 2.27. The van der Waals surface area contributed by atoms with E-state index in [4.69, 9.17) is 10.00 Å². The molecule has 1 aliphatic carbocycles. The van der Waals surface area contributed by atoms with Gasteiger partial charge in [-0.05, 0) is 31.0 Å². The van der Waals surface area contributed by atoms with Crippen molar-refractivity contribution in [2.45, 2.75) is 23.8 Å². The van der Waals surface area contributed by atoms with E-state index in [0.29, 0.717) is 24.8 Å². The minimum atomic E-state index is -3.35. The van der Waals surface area contributed by atoms with Crippen molar-refractivity contribution in [3.8, 4) is 6.07 Å². The molecule has 1 fully saturated rings. The second kappa shape index (κ2) is 7.03. The number of hydrogen-bond acceptors (Lipinski definition) is 5. The second-order valence-corrected chi connectivity index (χ2v) is 7.33. The maximum atomic E-state index is 12.4. The number of rotatable bonds is 8. The first-order valence-corrected chi connectivity index (χ1v) is 8.68. The van der Waals surface area contributed by atoms with E-state index in [1.54, 1.807) is 25.3 Å². The summed E-state index contributed by atoms with van der Waals surface area (Å²) in [7, 11) is -1.70. The van der Waals surface area contributed by atoms with Crippen LogP contribution in [0.1, 0.15) is 18.4 Å². The monoisotopic (exact) mass is 308 g/mol. The van der Waals surface area contributed by atoms with E-state index in [0.717, 1.165) is 19.4 Å². The van der Waals surface area contributed by atoms with E-state index in [2.05, 4.69) is 4.90 Å². The quantitative estimate of drug-likeness (QED) is 0.727. The SMILES string of the molecule is COCCN(CCS(=O)(=O)c1cccc(C#N)c1)C1CC1. The van der Waals surface area contributed by atoms with Crippen LogP contribution in [0.25, 0.3) is 0 Å².